The fraction of sp³-hybridized carbons (Fsp3) is 0.300. The first kappa shape index (κ1) is 9.02. The largest absolute Gasteiger partial charge is 0.496 e. The van der Waals surface area contributed by atoms with Crippen LogP contribution in [0.5, 0.6) is 5.75 Å². The summed E-state index contributed by atoms with van der Waals surface area (Å²) in [7, 11) is 1.53. The van der Waals surface area contributed by atoms with Gasteiger partial charge in [0.1, 0.15) is 5.75 Å². The van der Waals surface area contributed by atoms with E-state index in [1.54, 1.807) is 19.1 Å². The van der Waals surface area contributed by atoms with E-state index in [9.17, 15) is 9.90 Å². The highest BCUT2D eigenvalue weighted by molar-refractivity contribution is 5.96. The van der Waals surface area contributed by atoms with Crippen LogP contribution in [0, 0.1) is 6.92 Å². The molecule has 4 nitrogen and oxygen atoms in total. The first-order valence-electron chi connectivity index (χ1n) is 4.21. The predicted octanol–water partition coefficient (Wildman–Crippen LogP) is 1.16. The van der Waals surface area contributed by atoms with Crippen molar-refractivity contribution in [1.82, 2.24) is 0 Å². The SMILES string of the molecule is COc1ccc2c(c1C)C(=O)OC2O. The fourth-order valence-corrected chi connectivity index (χ4v) is 1.64. The summed E-state index contributed by atoms with van der Waals surface area (Å²) in [5, 5.41) is 9.36. The zero-order valence-electron chi connectivity index (χ0n) is 7.90. The van der Waals surface area contributed by atoms with Gasteiger partial charge in [-0.25, -0.2) is 4.79 Å². The van der Waals surface area contributed by atoms with Crippen molar-refractivity contribution in [3.63, 3.8) is 0 Å². The van der Waals surface area contributed by atoms with Crippen LogP contribution in [-0.2, 0) is 4.74 Å². The smallest absolute Gasteiger partial charge is 0.341 e. The summed E-state index contributed by atoms with van der Waals surface area (Å²) >= 11 is 0. The van der Waals surface area contributed by atoms with Gasteiger partial charge in [0.2, 0.25) is 6.29 Å². The number of benzene rings is 1. The maximum absolute atomic E-state index is 11.3. The molecule has 4 heteroatoms. The van der Waals surface area contributed by atoms with Crippen LogP contribution in [0.2, 0.25) is 0 Å². The van der Waals surface area contributed by atoms with Crippen molar-refractivity contribution in [1.29, 1.82) is 0 Å². The number of rotatable bonds is 1. The molecule has 0 saturated heterocycles. The van der Waals surface area contributed by atoms with Crippen molar-refractivity contribution in [2.45, 2.75) is 13.2 Å². The molecule has 1 heterocycles. The van der Waals surface area contributed by atoms with E-state index in [0.29, 0.717) is 22.4 Å². The van der Waals surface area contributed by atoms with Gasteiger partial charge < -0.3 is 14.6 Å². The summed E-state index contributed by atoms with van der Waals surface area (Å²) in [5.41, 5.74) is 1.62. The van der Waals surface area contributed by atoms with Crippen LogP contribution in [0.25, 0.3) is 0 Å². The molecule has 14 heavy (non-hydrogen) atoms. The van der Waals surface area contributed by atoms with E-state index < -0.39 is 12.3 Å². The predicted molar refractivity (Wildman–Crippen MR) is 48.1 cm³/mol. The van der Waals surface area contributed by atoms with Gasteiger partial charge in [-0.3, -0.25) is 0 Å². The molecule has 1 unspecified atom stereocenters. The summed E-state index contributed by atoms with van der Waals surface area (Å²) in [4.78, 5) is 11.3. The molecule has 0 saturated carbocycles. The topological polar surface area (TPSA) is 55.8 Å². The number of cyclic esters (lactones) is 1. The van der Waals surface area contributed by atoms with Gasteiger partial charge in [0, 0.05) is 11.1 Å². The summed E-state index contributed by atoms with van der Waals surface area (Å²) in [6.07, 6.45) is -1.14. The van der Waals surface area contributed by atoms with E-state index in [-0.39, 0.29) is 0 Å². The van der Waals surface area contributed by atoms with Gasteiger partial charge >= 0.3 is 5.97 Å². The van der Waals surface area contributed by atoms with Crippen LogP contribution in [0.1, 0.15) is 27.8 Å². The van der Waals surface area contributed by atoms with Gasteiger partial charge in [-0.15, -0.1) is 0 Å². The zero-order valence-corrected chi connectivity index (χ0v) is 7.90. The third-order valence-electron chi connectivity index (χ3n) is 2.36. The molecule has 74 valence electrons. The number of aliphatic hydroxyl groups excluding tert-OH is 1. The third kappa shape index (κ3) is 1.08. The standard InChI is InChI=1S/C10H10O4/c1-5-7(13-2)4-3-6-8(5)10(12)14-9(6)11/h3-4,9,11H,1-2H3. The zero-order chi connectivity index (χ0) is 10.3. The molecule has 1 N–H and O–H groups in total. The minimum Gasteiger partial charge on any atom is -0.496 e. The molecule has 0 aromatic heterocycles. The molecule has 1 aliphatic heterocycles. The van der Waals surface area contributed by atoms with Crippen LogP contribution in [0.15, 0.2) is 12.1 Å². The Morgan fingerprint density at radius 3 is 2.86 bits per heavy atom. The lowest BCUT2D eigenvalue weighted by molar-refractivity contribution is -0.0547. The molecule has 1 aromatic carbocycles. The minimum absolute atomic E-state index is 0.414. The molecule has 0 spiro atoms. The number of methoxy groups -OCH3 is 1. The first-order chi connectivity index (χ1) is 6.65. The number of carbonyl (C=O) groups is 1. The normalized spacial score (nSPS) is 19.1. The highest BCUT2D eigenvalue weighted by Crippen LogP contribution is 2.34. The van der Waals surface area contributed by atoms with Crippen molar-refractivity contribution >= 4 is 5.97 Å². The minimum atomic E-state index is -1.14. The van der Waals surface area contributed by atoms with Crippen LogP contribution >= 0.6 is 0 Å². The molecule has 0 amide bonds. The lowest BCUT2D eigenvalue weighted by atomic mass is 10.0. The van der Waals surface area contributed by atoms with E-state index >= 15 is 0 Å². The fourth-order valence-electron chi connectivity index (χ4n) is 1.64. The Hall–Kier alpha value is -1.55. The van der Waals surface area contributed by atoms with E-state index in [0.717, 1.165) is 0 Å². The quantitative estimate of drug-likeness (QED) is 0.681. The number of carbonyl (C=O) groups excluding carboxylic acids is 1. The van der Waals surface area contributed by atoms with E-state index in [4.69, 9.17) is 4.74 Å². The third-order valence-corrected chi connectivity index (χ3v) is 2.36. The van der Waals surface area contributed by atoms with Crippen LogP contribution in [0.4, 0.5) is 0 Å². The maximum Gasteiger partial charge on any atom is 0.341 e. The molecule has 0 radical (unpaired) electrons. The lowest BCUT2D eigenvalue weighted by Gasteiger charge is -2.06. The summed E-state index contributed by atoms with van der Waals surface area (Å²) in [6, 6.07) is 3.34. The number of hydrogen-bond acceptors (Lipinski definition) is 4. The number of ether oxygens (including phenoxy) is 2. The average molecular weight is 194 g/mol. The summed E-state index contributed by atoms with van der Waals surface area (Å²) in [5.74, 6) is 0.124. The second-order valence-corrected chi connectivity index (χ2v) is 3.11. The van der Waals surface area contributed by atoms with Crippen molar-refractivity contribution in [2.75, 3.05) is 7.11 Å². The molecule has 0 fully saturated rings. The Bertz CT molecular complexity index is 397. The Balaban J connectivity index is 2.64. The van der Waals surface area contributed by atoms with Gasteiger partial charge in [0.25, 0.3) is 0 Å². The summed E-state index contributed by atoms with van der Waals surface area (Å²) < 4.78 is 9.74. The first-order valence-corrected chi connectivity index (χ1v) is 4.21. The van der Waals surface area contributed by atoms with Gasteiger partial charge in [0.15, 0.2) is 0 Å². The molecule has 2 rings (SSSR count). The number of esters is 1. The number of fused-ring (bicyclic) bond motifs is 1. The van der Waals surface area contributed by atoms with Crippen molar-refractivity contribution in [2.24, 2.45) is 0 Å². The molecule has 1 atom stereocenters. The van der Waals surface area contributed by atoms with Crippen molar-refractivity contribution < 1.29 is 19.4 Å². The van der Waals surface area contributed by atoms with Gasteiger partial charge in [-0.05, 0) is 19.1 Å². The molecule has 0 bridgehead atoms. The van der Waals surface area contributed by atoms with Gasteiger partial charge in [0.05, 0.1) is 12.7 Å². The molecular weight excluding hydrogens is 184 g/mol. The van der Waals surface area contributed by atoms with Crippen molar-refractivity contribution in [3.05, 3.63) is 28.8 Å². The highest BCUT2D eigenvalue weighted by atomic mass is 16.6. The second kappa shape index (κ2) is 2.99. The van der Waals surface area contributed by atoms with E-state index in [1.165, 1.54) is 7.11 Å². The number of aliphatic hydroxyl groups is 1. The van der Waals surface area contributed by atoms with E-state index in [2.05, 4.69) is 4.74 Å². The summed E-state index contributed by atoms with van der Waals surface area (Å²) in [6.45, 7) is 1.76. The molecule has 0 aliphatic carbocycles. The Labute approximate surface area is 81.1 Å². The Morgan fingerprint density at radius 2 is 2.21 bits per heavy atom. The van der Waals surface area contributed by atoms with Gasteiger partial charge in [-0.2, -0.15) is 0 Å². The molecule has 1 aromatic rings. The Kier molecular flexibility index (Phi) is 1.93. The van der Waals surface area contributed by atoms with Crippen LogP contribution in [0.3, 0.4) is 0 Å². The average Bonchev–Trinajstić information content (AvgIpc) is 2.44. The molecule has 1 aliphatic rings. The molecular formula is C10H10O4. The second-order valence-electron chi connectivity index (χ2n) is 3.11. The maximum atomic E-state index is 11.3. The monoisotopic (exact) mass is 194 g/mol. The van der Waals surface area contributed by atoms with Gasteiger partial charge in [-0.1, -0.05) is 0 Å². The van der Waals surface area contributed by atoms with E-state index in [1.807, 2.05) is 0 Å². The van der Waals surface area contributed by atoms with Crippen LogP contribution < -0.4 is 4.74 Å². The highest BCUT2D eigenvalue weighted by Gasteiger charge is 2.32. The lowest BCUT2D eigenvalue weighted by Crippen LogP contribution is -1.99. The van der Waals surface area contributed by atoms with Crippen molar-refractivity contribution in [3.8, 4) is 5.75 Å². The number of hydrogen-bond donors (Lipinski definition) is 1. The Morgan fingerprint density at radius 1 is 1.50 bits per heavy atom. The van der Waals surface area contributed by atoms with Crippen LogP contribution in [-0.4, -0.2) is 18.2 Å².